The molecule has 0 amide bonds. The first kappa shape index (κ1) is 22.1. The van der Waals surface area contributed by atoms with Crippen molar-refractivity contribution in [2.75, 3.05) is 24.3 Å². The molecule has 162 valence electrons. The molecule has 1 aromatic carbocycles. The number of fused-ring (bicyclic) bond motifs is 1. The molecule has 5 heteroatoms. The SMILES string of the molecule is CC1CCC(Nc2nc(N(C)C)c3ccccc3n2)CC1.CCc1ccc(CC)o1. The Morgan fingerprint density at radius 1 is 0.933 bits per heavy atom. The van der Waals surface area contributed by atoms with E-state index in [1.165, 1.54) is 25.7 Å². The summed E-state index contributed by atoms with van der Waals surface area (Å²) >= 11 is 0. The van der Waals surface area contributed by atoms with Gasteiger partial charge >= 0.3 is 0 Å². The van der Waals surface area contributed by atoms with Crippen LogP contribution in [0.2, 0.25) is 0 Å². The number of hydrogen-bond donors (Lipinski definition) is 1. The highest BCUT2D eigenvalue weighted by Crippen LogP contribution is 2.27. The van der Waals surface area contributed by atoms with Gasteiger partial charge in [0.2, 0.25) is 5.95 Å². The van der Waals surface area contributed by atoms with E-state index in [-0.39, 0.29) is 0 Å². The molecule has 1 fully saturated rings. The Balaban J connectivity index is 0.000000239. The Morgan fingerprint density at radius 2 is 1.57 bits per heavy atom. The van der Waals surface area contributed by atoms with Gasteiger partial charge in [-0.05, 0) is 55.9 Å². The fourth-order valence-corrected chi connectivity index (χ4v) is 3.85. The molecule has 3 aromatic rings. The van der Waals surface area contributed by atoms with E-state index in [9.17, 15) is 0 Å². The molecule has 0 bridgehead atoms. The number of nitrogens with zero attached hydrogens (tertiary/aromatic N) is 3. The molecule has 1 aliphatic carbocycles. The molecular formula is C25H36N4O. The number of furan rings is 1. The van der Waals surface area contributed by atoms with E-state index in [1.54, 1.807) is 0 Å². The molecular weight excluding hydrogens is 372 g/mol. The number of aromatic nitrogens is 2. The number of benzene rings is 1. The average molecular weight is 409 g/mol. The van der Waals surface area contributed by atoms with E-state index in [1.807, 2.05) is 38.4 Å². The first-order chi connectivity index (χ1) is 14.5. The second-order valence-corrected chi connectivity index (χ2v) is 8.46. The Morgan fingerprint density at radius 3 is 2.13 bits per heavy atom. The van der Waals surface area contributed by atoms with Crippen molar-refractivity contribution in [2.24, 2.45) is 5.92 Å². The van der Waals surface area contributed by atoms with Gasteiger partial charge in [0.25, 0.3) is 0 Å². The van der Waals surface area contributed by atoms with E-state index < -0.39 is 0 Å². The third-order valence-electron chi connectivity index (χ3n) is 5.77. The second-order valence-electron chi connectivity index (χ2n) is 8.46. The fraction of sp³-hybridized carbons (Fsp3) is 0.520. The van der Waals surface area contributed by atoms with Crippen LogP contribution in [0.5, 0.6) is 0 Å². The maximum atomic E-state index is 5.38. The molecule has 1 saturated carbocycles. The number of hydrogen-bond acceptors (Lipinski definition) is 5. The monoisotopic (exact) mass is 408 g/mol. The molecule has 0 unspecified atom stereocenters. The van der Waals surface area contributed by atoms with Crippen LogP contribution >= 0.6 is 0 Å². The summed E-state index contributed by atoms with van der Waals surface area (Å²) in [6.07, 6.45) is 7.03. The van der Waals surface area contributed by atoms with Crippen molar-refractivity contribution in [3.05, 3.63) is 47.9 Å². The highest BCUT2D eigenvalue weighted by atomic mass is 16.3. The maximum absolute atomic E-state index is 5.38. The number of nitrogens with one attached hydrogen (secondary N) is 1. The van der Waals surface area contributed by atoms with Crippen molar-refractivity contribution >= 4 is 22.7 Å². The topological polar surface area (TPSA) is 54.2 Å². The van der Waals surface area contributed by atoms with Crippen LogP contribution < -0.4 is 10.2 Å². The van der Waals surface area contributed by atoms with E-state index in [0.717, 1.165) is 52.9 Å². The molecule has 0 radical (unpaired) electrons. The number of aryl methyl sites for hydroxylation is 2. The van der Waals surface area contributed by atoms with Crippen molar-refractivity contribution in [1.82, 2.24) is 9.97 Å². The molecule has 5 nitrogen and oxygen atoms in total. The van der Waals surface area contributed by atoms with Crippen LogP contribution in [0.1, 0.15) is 58.0 Å². The zero-order valence-corrected chi connectivity index (χ0v) is 19.1. The minimum atomic E-state index is 0.511. The minimum Gasteiger partial charge on any atom is -0.466 e. The third kappa shape index (κ3) is 5.74. The summed E-state index contributed by atoms with van der Waals surface area (Å²) in [6, 6.07) is 12.8. The molecule has 1 aliphatic rings. The van der Waals surface area contributed by atoms with Gasteiger partial charge in [0, 0.05) is 38.4 Å². The third-order valence-corrected chi connectivity index (χ3v) is 5.77. The highest BCUT2D eigenvalue weighted by molar-refractivity contribution is 5.90. The molecule has 0 saturated heterocycles. The summed E-state index contributed by atoms with van der Waals surface area (Å²) in [5.41, 5.74) is 1.00. The van der Waals surface area contributed by atoms with Gasteiger partial charge < -0.3 is 14.6 Å². The molecule has 2 heterocycles. The first-order valence-corrected chi connectivity index (χ1v) is 11.3. The predicted octanol–water partition coefficient (Wildman–Crippen LogP) is 6.09. The lowest BCUT2D eigenvalue weighted by Gasteiger charge is -2.27. The molecule has 4 rings (SSSR count). The van der Waals surface area contributed by atoms with E-state index in [4.69, 9.17) is 9.40 Å². The number of rotatable bonds is 5. The highest BCUT2D eigenvalue weighted by Gasteiger charge is 2.19. The molecule has 1 N–H and O–H groups in total. The van der Waals surface area contributed by atoms with Gasteiger partial charge in [-0.3, -0.25) is 0 Å². The van der Waals surface area contributed by atoms with Crippen molar-refractivity contribution in [1.29, 1.82) is 0 Å². The van der Waals surface area contributed by atoms with Gasteiger partial charge in [-0.25, -0.2) is 4.98 Å². The van der Waals surface area contributed by atoms with Crippen LogP contribution in [-0.2, 0) is 12.8 Å². The van der Waals surface area contributed by atoms with Crippen LogP contribution in [0.3, 0.4) is 0 Å². The van der Waals surface area contributed by atoms with Crippen molar-refractivity contribution < 1.29 is 4.42 Å². The Kier molecular flexibility index (Phi) is 7.72. The first-order valence-electron chi connectivity index (χ1n) is 11.3. The van der Waals surface area contributed by atoms with Crippen LogP contribution in [0.25, 0.3) is 10.9 Å². The average Bonchev–Trinajstić information content (AvgIpc) is 3.24. The molecule has 0 atom stereocenters. The zero-order valence-electron chi connectivity index (χ0n) is 19.1. The van der Waals surface area contributed by atoms with Gasteiger partial charge in [0.05, 0.1) is 5.52 Å². The lowest BCUT2D eigenvalue weighted by molar-refractivity contribution is 0.360. The van der Waals surface area contributed by atoms with Crippen LogP contribution in [0, 0.1) is 5.92 Å². The normalized spacial score (nSPS) is 18.6. The van der Waals surface area contributed by atoms with E-state index >= 15 is 0 Å². The molecule has 0 aliphatic heterocycles. The summed E-state index contributed by atoms with van der Waals surface area (Å²) in [6.45, 7) is 6.53. The van der Waals surface area contributed by atoms with Crippen LogP contribution in [0.15, 0.2) is 40.8 Å². The summed E-state index contributed by atoms with van der Waals surface area (Å²) in [5, 5.41) is 4.64. The van der Waals surface area contributed by atoms with Crippen molar-refractivity contribution in [2.45, 2.75) is 65.3 Å². The Bertz CT molecular complexity index is 907. The van der Waals surface area contributed by atoms with Gasteiger partial charge in [-0.15, -0.1) is 0 Å². The van der Waals surface area contributed by atoms with Crippen LogP contribution in [-0.4, -0.2) is 30.1 Å². The predicted molar refractivity (Wildman–Crippen MR) is 126 cm³/mol. The smallest absolute Gasteiger partial charge is 0.225 e. The van der Waals surface area contributed by atoms with Gasteiger partial charge in [-0.1, -0.05) is 32.9 Å². The van der Waals surface area contributed by atoms with E-state index in [2.05, 4.69) is 48.1 Å². The standard InChI is InChI=1S/C17H24N4.C8H12O/c1-12-8-10-13(11-9-12)18-17-19-15-7-5-4-6-14(15)16(20-17)21(2)3;1-3-7-5-6-8(4-2)9-7/h4-7,12-13H,8-11H2,1-3H3,(H,18,19,20);5-6H,3-4H2,1-2H3. The lowest BCUT2D eigenvalue weighted by Crippen LogP contribution is -2.26. The Hall–Kier alpha value is -2.56. The Labute approximate surface area is 180 Å². The quantitative estimate of drug-likeness (QED) is 0.553. The zero-order chi connectivity index (χ0) is 21.5. The molecule has 30 heavy (non-hydrogen) atoms. The van der Waals surface area contributed by atoms with Crippen molar-refractivity contribution in [3.63, 3.8) is 0 Å². The summed E-state index contributed by atoms with van der Waals surface area (Å²) < 4.78 is 5.38. The lowest BCUT2D eigenvalue weighted by atomic mass is 9.87. The summed E-state index contributed by atoms with van der Waals surface area (Å²) in [7, 11) is 4.06. The number of para-hydroxylation sites is 1. The van der Waals surface area contributed by atoms with Crippen molar-refractivity contribution in [3.8, 4) is 0 Å². The fourth-order valence-electron chi connectivity index (χ4n) is 3.85. The van der Waals surface area contributed by atoms with Gasteiger partial charge in [-0.2, -0.15) is 4.98 Å². The second kappa shape index (κ2) is 10.5. The molecule has 2 aromatic heterocycles. The maximum Gasteiger partial charge on any atom is 0.225 e. The van der Waals surface area contributed by atoms with Gasteiger partial charge in [0.1, 0.15) is 17.3 Å². The minimum absolute atomic E-state index is 0.511. The molecule has 0 spiro atoms. The number of anilines is 2. The van der Waals surface area contributed by atoms with Gasteiger partial charge in [0.15, 0.2) is 0 Å². The summed E-state index contributed by atoms with van der Waals surface area (Å²) in [4.78, 5) is 11.5. The van der Waals surface area contributed by atoms with Crippen LogP contribution in [0.4, 0.5) is 11.8 Å². The largest absolute Gasteiger partial charge is 0.466 e. The summed E-state index contributed by atoms with van der Waals surface area (Å²) in [5.74, 6) is 4.78. The van der Waals surface area contributed by atoms with E-state index in [0.29, 0.717) is 6.04 Å².